The standard InChI is InChI=1S/C11H15F2NO.ClH/c1-2-8-3-5-9(6-4-8)10(14)11(12,13)7-15;/h3-6,10,15H,2,7,14H2,1H3;1H/t10-;/m1./s1. The van der Waals surface area contributed by atoms with Crippen LogP contribution in [0.15, 0.2) is 24.3 Å². The Bertz CT molecular complexity index is 316. The maximum absolute atomic E-state index is 13.0. The van der Waals surface area contributed by atoms with E-state index in [2.05, 4.69) is 0 Å². The van der Waals surface area contributed by atoms with Crippen LogP contribution < -0.4 is 5.73 Å². The fourth-order valence-corrected chi connectivity index (χ4v) is 1.30. The molecule has 1 atom stereocenters. The van der Waals surface area contributed by atoms with Crippen molar-refractivity contribution in [2.75, 3.05) is 6.61 Å². The van der Waals surface area contributed by atoms with E-state index in [-0.39, 0.29) is 12.4 Å². The first-order valence-electron chi connectivity index (χ1n) is 4.84. The smallest absolute Gasteiger partial charge is 0.289 e. The fourth-order valence-electron chi connectivity index (χ4n) is 1.30. The Hall–Kier alpha value is -0.710. The van der Waals surface area contributed by atoms with Gasteiger partial charge in [-0.25, -0.2) is 8.78 Å². The molecule has 1 aromatic carbocycles. The SMILES string of the molecule is CCc1ccc([C@@H](N)C(F)(F)CO)cc1.Cl. The fraction of sp³-hybridized carbons (Fsp3) is 0.455. The molecule has 16 heavy (non-hydrogen) atoms. The average Bonchev–Trinajstić information content (AvgIpc) is 2.28. The van der Waals surface area contributed by atoms with E-state index in [0.29, 0.717) is 5.56 Å². The zero-order valence-electron chi connectivity index (χ0n) is 8.99. The molecule has 0 amide bonds. The van der Waals surface area contributed by atoms with E-state index in [1.54, 1.807) is 24.3 Å². The van der Waals surface area contributed by atoms with Crippen LogP contribution in [-0.2, 0) is 6.42 Å². The minimum atomic E-state index is -3.27. The van der Waals surface area contributed by atoms with Gasteiger partial charge in [-0.15, -0.1) is 12.4 Å². The third-order valence-corrected chi connectivity index (χ3v) is 2.41. The van der Waals surface area contributed by atoms with Crippen LogP contribution in [0.4, 0.5) is 8.78 Å². The lowest BCUT2D eigenvalue weighted by Crippen LogP contribution is -2.36. The number of hydrogen-bond acceptors (Lipinski definition) is 2. The second kappa shape index (κ2) is 6.13. The predicted octanol–water partition coefficient (Wildman–Crippen LogP) is 2.30. The summed E-state index contributed by atoms with van der Waals surface area (Å²) in [5, 5.41) is 8.50. The number of halogens is 3. The molecule has 0 bridgehead atoms. The number of alkyl halides is 2. The van der Waals surface area contributed by atoms with Gasteiger partial charge in [0, 0.05) is 0 Å². The van der Waals surface area contributed by atoms with Gasteiger partial charge in [-0.3, -0.25) is 0 Å². The van der Waals surface area contributed by atoms with Crippen LogP contribution in [0.2, 0.25) is 0 Å². The zero-order chi connectivity index (χ0) is 11.5. The van der Waals surface area contributed by atoms with Gasteiger partial charge in [-0.2, -0.15) is 0 Å². The molecule has 0 heterocycles. The first-order chi connectivity index (χ1) is 7.01. The largest absolute Gasteiger partial charge is 0.390 e. The molecule has 5 heteroatoms. The van der Waals surface area contributed by atoms with Crippen LogP contribution in [0.5, 0.6) is 0 Å². The molecule has 0 saturated heterocycles. The molecule has 0 spiro atoms. The maximum Gasteiger partial charge on any atom is 0.289 e. The Morgan fingerprint density at radius 3 is 2.19 bits per heavy atom. The molecule has 1 rings (SSSR count). The van der Waals surface area contributed by atoms with Crippen molar-refractivity contribution in [3.63, 3.8) is 0 Å². The molecular formula is C11H16ClF2NO. The van der Waals surface area contributed by atoms with Gasteiger partial charge >= 0.3 is 0 Å². The molecule has 0 aliphatic heterocycles. The Balaban J connectivity index is 0.00000225. The number of aryl methyl sites for hydroxylation is 1. The first kappa shape index (κ1) is 15.3. The van der Waals surface area contributed by atoms with Crippen molar-refractivity contribution in [2.24, 2.45) is 5.73 Å². The van der Waals surface area contributed by atoms with E-state index in [0.717, 1.165) is 12.0 Å². The number of aliphatic hydroxyl groups is 1. The molecule has 0 aliphatic rings. The highest BCUT2D eigenvalue weighted by Gasteiger charge is 2.37. The van der Waals surface area contributed by atoms with Crippen LogP contribution in [0.25, 0.3) is 0 Å². The lowest BCUT2D eigenvalue weighted by molar-refractivity contribution is -0.0711. The summed E-state index contributed by atoms with van der Waals surface area (Å²) in [6.07, 6.45) is 0.853. The molecule has 2 nitrogen and oxygen atoms in total. The Labute approximate surface area is 99.9 Å². The van der Waals surface area contributed by atoms with Crippen LogP contribution in [0.1, 0.15) is 24.1 Å². The highest BCUT2D eigenvalue weighted by molar-refractivity contribution is 5.85. The summed E-state index contributed by atoms with van der Waals surface area (Å²) in [5.74, 6) is -3.27. The highest BCUT2D eigenvalue weighted by atomic mass is 35.5. The van der Waals surface area contributed by atoms with Gasteiger partial charge in [0.05, 0.1) is 6.04 Å². The summed E-state index contributed by atoms with van der Waals surface area (Å²) in [4.78, 5) is 0. The van der Waals surface area contributed by atoms with E-state index >= 15 is 0 Å². The van der Waals surface area contributed by atoms with Gasteiger partial charge in [-0.05, 0) is 17.5 Å². The molecule has 0 aromatic heterocycles. The number of rotatable bonds is 4. The molecular weight excluding hydrogens is 236 g/mol. The summed E-state index contributed by atoms with van der Waals surface area (Å²) < 4.78 is 26.1. The van der Waals surface area contributed by atoms with Gasteiger partial charge in [0.1, 0.15) is 6.61 Å². The van der Waals surface area contributed by atoms with Crippen molar-refractivity contribution in [1.29, 1.82) is 0 Å². The summed E-state index contributed by atoms with van der Waals surface area (Å²) in [6.45, 7) is 0.751. The lowest BCUT2D eigenvalue weighted by Gasteiger charge is -2.21. The van der Waals surface area contributed by atoms with Crippen LogP contribution in [0, 0.1) is 0 Å². The van der Waals surface area contributed by atoms with E-state index in [4.69, 9.17) is 10.8 Å². The third-order valence-electron chi connectivity index (χ3n) is 2.41. The second-order valence-corrected chi connectivity index (χ2v) is 3.49. The van der Waals surface area contributed by atoms with Crippen molar-refractivity contribution in [1.82, 2.24) is 0 Å². The van der Waals surface area contributed by atoms with Gasteiger partial charge in [0.25, 0.3) is 5.92 Å². The normalized spacial score (nSPS) is 13.1. The Morgan fingerprint density at radius 2 is 1.81 bits per heavy atom. The second-order valence-electron chi connectivity index (χ2n) is 3.49. The Kier molecular flexibility index (Phi) is 5.86. The summed E-state index contributed by atoms with van der Waals surface area (Å²) >= 11 is 0. The van der Waals surface area contributed by atoms with Gasteiger partial charge in [-0.1, -0.05) is 31.2 Å². The van der Waals surface area contributed by atoms with Crippen molar-refractivity contribution >= 4 is 12.4 Å². The van der Waals surface area contributed by atoms with Gasteiger partial charge in [0.15, 0.2) is 0 Å². The zero-order valence-corrected chi connectivity index (χ0v) is 9.81. The van der Waals surface area contributed by atoms with Crippen molar-refractivity contribution in [2.45, 2.75) is 25.3 Å². The van der Waals surface area contributed by atoms with Crippen molar-refractivity contribution < 1.29 is 13.9 Å². The number of benzene rings is 1. The van der Waals surface area contributed by atoms with Gasteiger partial charge < -0.3 is 10.8 Å². The van der Waals surface area contributed by atoms with Gasteiger partial charge in [0.2, 0.25) is 0 Å². The number of hydrogen-bond donors (Lipinski definition) is 2. The van der Waals surface area contributed by atoms with Crippen LogP contribution in [0.3, 0.4) is 0 Å². The van der Waals surface area contributed by atoms with Crippen LogP contribution >= 0.6 is 12.4 Å². The van der Waals surface area contributed by atoms with Crippen molar-refractivity contribution in [3.8, 4) is 0 Å². The molecule has 0 unspecified atom stereocenters. The van der Waals surface area contributed by atoms with Crippen molar-refractivity contribution in [3.05, 3.63) is 35.4 Å². The first-order valence-corrected chi connectivity index (χ1v) is 4.84. The molecule has 0 saturated carbocycles. The predicted molar refractivity (Wildman–Crippen MR) is 62.0 cm³/mol. The van der Waals surface area contributed by atoms with E-state index in [1.807, 2.05) is 6.92 Å². The molecule has 1 aromatic rings. The molecule has 0 aliphatic carbocycles. The summed E-state index contributed by atoms with van der Waals surface area (Å²) in [6, 6.07) is 5.24. The Morgan fingerprint density at radius 1 is 1.31 bits per heavy atom. The monoisotopic (exact) mass is 251 g/mol. The van der Waals surface area contributed by atoms with E-state index in [1.165, 1.54) is 0 Å². The molecule has 0 fully saturated rings. The van der Waals surface area contributed by atoms with E-state index < -0.39 is 18.6 Å². The third kappa shape index (κ3) is 3.40. The van der Waals surface area contributed by atoms with E-state index in [9.17, 15) is 8.78 Å². The number of aliphatic hydroxyl groups excluding tert-OH is 1. The quantitative estimate of drug-likeness (QED) is 0.863. The average molecular weight is 252 g/mol. The maximum atomic E-state index is 13.0. The minimum absolute atomic E-state index is 0. The topological polar surface area (TPSA) is 46.2 Å². The summed E-state index contributed by atoms with van der Waals surface area (Å²) in [5.41, 5.74) is 6.77. The minimum Gasteiger partial charge on any atom is -0.390 e. The molecule has 0 radical (unpaired) electrons. The number of nitrogens with two attached hydrogens (primary N) is 1. The highest BCUT2D eigenvalue weighted by Crippen LogP contribution is 2.28. The molecule has 3 N–H and O–H groups in total. The molecule has 92 valence electrons. The van der Waals surface area contributed by atoms with Crippen LogP contribution in [-0.4, -0.2) is 17.6 Å². The lowest BCUT2D eigenvalue weighted by atomic mass is 10.00. The summed E-state index contributed by atoms with van der Waals surface area (Å²) in [7, 11) is 0.